The van der Waals surface area contributed by atoms with Gasteiger partial charge in [-0.1, -0.05) is 44.7 Å². The van der Waals surface area contributed by atoms with Crippen LogP contribution in [0.15, 0.2) is 24.3 Å². The summed E-state index contributed by atoms with van der Waals surface area (Å²) in [7, 11) is 2.11. The van der Waals surface area contributed by atoms with Gasteiger partial charge in [-0.15, -0.1) is 0 Å². The molecule has 2 atom stereocenters. The molecule has 2 rings (SSSR count). The number of para-hydroxylation sites is 2. The zero-order valence-corrected chi connectivity index (χ0v) is 13.9. The molecule has 1 heterocycles. The minimum absolute atomic E-state index is 0.281. The summed E-state index contributed by atoms with van der Waals surface area (Å²) < 4.78 is 2.21. The first-order valence-electron chi connectivity index (χ1n) is 8.31. The molecule has 0 saturated carbocycles. The molecule has 3 nitrogen and oxygen atoms in total. The maximum atomic E-state index is 4.78. The minimum atomic E-state index is 0.281. The molecular weight excluding hydrogens is 258 g/mol. The number of hydrogen-bond acceptors (Lipinski definition) is 2. The molecule has 0 bridgehead atoms. The van der Waals surface area contributed by atoms with E-state index in [2.05, 4.69) is 55.9 Å². The number of imidazole rings is 1. The predicted molar refractivity (Wildman–Crippen MR) is 90.5 cm³/mol. The average molecular weight is 287 g/mol. The van der Waals surface area contributed by atoms with Gasteiger partial charge in [-0.3, -0.25) is 0 Å². The number of unbranched alkanes of at least 4 members (excludes halogenated alkanes) is 3. The maximum absolute atomic E-state index is 4.78. The summed E-state index contributed by atoms with van der Waals surface area (Å²) in [5, 5.41) is 3.69. The van der Waals surface area contributed by atoms with Gasteiger partial charge in [0.2, 0.25) is 0 Å². The van der Waals surface area contributed by atoms with Crippen LogP contribution in [0.25, 0.3) is 11.0 Å². The lowest BCUT2D eigenvalue weighted by Gasteiger charge is -2.20. The Hall–Kier alpha value is -1.35. The molecule has 3 heteroatoms. The number of benzene rings is 1. The lowest BCUT2D eigenvalue weighted by Crippen LogP contribution is -2.30. The highest BCUT2D eigenvalue weighted by atomic mass is 15.1. The SMILES string of the molecule is CCCCCCC(C)NC(C)c1nc2ccccc2n1C. The van der Waals surface area contributed by atoms with Crippen LogP contribution in [0.4, 0.5) is 0 Å². The number of aromatic nitrogens is 2. The van der Waals surface area contributed by atoms with Crippen molar-refractivity contribution in [3.05, 3.63) is 30.1 Å². The first-order chi connectivity index (χ1) is 10.1. The van der Waals surface area contributed by atoms with Crippen molar-refractivity contribution in [1.82, 2.24) is 14.9 Å². The Kier molecular flexibility index (Phi) is 5.80. The molecule has 0 saturated heterocycles. The molecule has 2 unspecified atom stereocenters. The van der Waals surface area contributed by atoms with E-state index in [0.29, 0.717) is 6.04 Å². The third-order valence-corrected chi connectivity index (χ3v) is 4.23. The highest BCUT2D eigenvalue weighted by Gasteiger charge is 2.15. The van der Waals surface area contributed by atoms with Crippen molar-refractivity contribution in [2.75, 3.05) is 0 Å². The van der Waals surface area contributed by atoms with E-state index in [-0.39, 0.29) is 6.04 Å². The van der Waals surface area contributed by atoms with E-state index in [1.807, 2.05) is 6.07 Å². The van der Waals surface area contributed by atoms with Crippen molar-refractivity contribution in [2.24, 2.45) is 7.05 Å². The largest absolute Gasteiger partial charge is 0.330 e. The normalized spacial score (nSPS) is 14.5. The Morgan fingerprint density at radius 1 is 1.14 bits per heavy atom. The second kappa shape index (κ2) is 7.60. The molecule has 0 aliphatic heterocycles. The molecule has 21 heavy (non-hydrogen) atoms. The summed E-state index contributed by atoms with van der Waals surface area (Å²) in [6, 6.07) is 9.16. The first kappa shape index (κ1) is 16.0. The molecule has 0 fully saturated rings. The molecule has 0 aliphatic carbocycles. The molecular formula is C18H29N3. The van der Waals surface area contributed by atoms with E-state index in [1.165, 1.54) is 37.6 Å². The number of nitrogens with one attached hydrogen (secondary N) is 1. The fourth-order valence-electron chi connectivity index (χ4n) is 3.01. The van der Waals surface area contributed by atoms with Gasteiger partial charge in [0.15, 0.2) is 0 Å². The Balaban J connectivity index is 1.95. The van der Waals surface area contributed by atoms with Crippen molar-refractivity contribution >= 4 is 11.0 Å². The van der Waals surface area contributed by atoms with Gasteiger partial charge >= 0.3 is 0 Å². The number of aryl methyl sites for hydroxylation is 1. The van der Waals surface area contributed by atoms with E-state index in [1.54, 1.807) is 0 Å². The predicted octanol–water partition coefficient (Wildman–Crippen LogP) is 4.58. The molecule has 0 aliphatic rings. The van der Waals surface area contributed by atoms with Gasteiger partial charge in [-0.2, -0.15) is 0 Å². The van der Waals surface area contributed by atoms with Crippen LogP contribution in [-0.2, 0) is 7.05 Å². The monoisotopic (exact) mass is 287 g/mol. The van der Waals surface area contributed by atoms with Crippen LogP contribution < -0.4 is 5.32 Å². The molecule has 1 aromatic carbocycles. The van der Waals surface area contributed by atoms with Gasteiger partial charge in [0.25, 0.3) is 0 Å². The Morgan fingerprint density at radius 3 is 2.62 bits per heavy atom. The zero-order chi connectivity index (χ0) is 15.2. The number of fused-ring (bicyclic) bond motifs is 1. The van der Waals surface area contributed by atoms with Crippen LogP contribution in [0.1, 0.15) is 64.7 Å². The molecule has 116 valence electrons. The third-order valence-electron chi connectivity index (χ3n) is 4.23. The van der Waals surface area contributed by atoms with Crippen LogP contribution in [-0.4, -0.2) is 15.6 Å². The summed E-state index contributed by atoms with van der Waals surface area (Å²) in [4.78, 5) is 4.78. The summed E-state index contributed by atoms with van der Waals surface area (Å²) in [5.41, 5.74) is 2.29. The van der Waals surface area contributed by atoms with Crippen LogP contribution >= 0.6 is 0 Å². The van der Waals surface area contributed by atoms with Crippen molar-refractivity contribution in [3.63, 3.8) is 0 Å². The Labute approximate surface area is 128 Å². The second-order valence-corrected chi connectivity index (χ2v) is 6.16. The van der Waals surface area contributed by atoms with Crippen molar-refractivity contribution in [1.29, 1.82) is 0 Å². The molecule has 1 N–H and O–H groups in total. The van der Waals surface area contributed by atoms with Crippen molar-refractivity contribution < 1.29 is 0 Å². The fraction of sp³-hybridized carbons (Fsp3) is 0.611. The molecule has 1 aromatic heterocycles. The van der Waals surface area contributed by atoms with E-state index in [4.69, 9.17) is 4.98 Å². The topological polar surface area (TPSA) is 29.9 Å². The van der Waals surface area contributed by atoms with E-state index in [0.717, 1.165) is 11.3 Å². The highest BCUT2D eigenvalue weighted by molar-refractivity contribution is 5.75. The minimum Gasteiger partial charge on any atom is -0.330 e. The van der Waals surface area contributed by atoms with Crippen LogP contribution in [0, 0.1) is 0 Å². The van der Waals surface area contributed by atoms with Gasteiger partial charge in [0.05, 0.1) is 17.1 Å². The summed E-state index contributed by atoms with van der Waals surface area (Å²) in [5.74, 6) is 1.12. The Morgan fingerprint density at radius 2 is 1.90 bits per heavy atom. The van der Waals surface area contributed by atoms with E-state index < -0.39 is 0 Å². The third kappa shape index (κ3) is 4.07. The molecule has 0 spiro atoms. The lowest BCUT2D eigenvalue weighted by atomic mass is 10.1. The van der Waals surface area contributed by atoms with E-state index in [9.17, 15) is 0 Å². The van der Waals surface area contributed by atoms with Crippen LogP contribution in [0.3, 0.4) is 0 Å². The van der Waals surface area contributed by atoms with Gasteiger partial charge in [-0.25, -0.2) is 4.98 Å². The van der Waals surface area contributed by atoms with Gasteiger partial charge in [-0.05, 0) is 32.4 Å². The van der Waals surface area contributed by atoms with Crippen molar-refractivity contribution in [2.45, 2.75) is 65.0 Å². The summed E-state index contributed by atoms with van der Waals surface area (Å²) >= 11 is 0. The van der Waals surface area contributed by atoms with Gasteiger partial charge < -0.3 is 9.88 Å². The van der Waals surface area contributed by atoms with Crippen LogP contribution in [0.5, 0.6) is 0 Å². The summed E-state index contributed by atoms with van der Waals surface area (Å²) in [6.07, 6.45) is 6.57. The second-order valence-electron chi connectivity index (χ2n) is 6.16. The number of rotatable bonds is 8. The standard InChI is InChI=1S/C18H29N3/c1-5-6-7-8-11-14(2)19-15(3)18-20-16-12-9-10-13-17(16)21(18)4/h9-10,12-15,19H,5-8,11H2,1-4H3. The lowest BCUT2D eigenvalue weighted by molar-refractivity contribution is 0.423. The first-order valence-corrected chi connectivity index (χ1v) is 8.31. The Bertz CT molecular complexity index is 559. The highest BCUT2D eigenvalue weighted by Crippen LogP contribution is 2.20. The smallest absolute Gasteiger partial charge is 0.126 e. The van der Waals surface area contributed by atoms with E-state index >= 15 is 0 Å². The summed E-state index contributed by atoms with van der Waals surface area (Å²) in [6.45, 7) is 6.75. The maximum Gasteiger partial charge on any atom is 0.126 e. The average Bonchev–Trinajstić information content (AvgIpc) is 2.81. The number of hydrogen-bond donors (Lipinski definition) is 1. The number of nitrogens with zero attached hydrogens (tertiary/aromatic N) is 2. The molecule has 0 radical (unpaired) electrons. The van der Waals surface area contributed by atoms with Crippen molar-refractivity contribution in [3.8, 4) is 0 Å². The quantitative estimate of drug-likeness (QED) is 0.720. The fourth-order valence-corrected chi connectivity index (χ4v) is 3.01. The van der Waals surface area contributed by atoms with Crippen LogP contribution in [0.2, 0.25) is 0 Å². The zero-order valence-electron chi connectivity index (χ0n) is 13.9. The molecule has 0 amide bonds. The molecule has 2 aromatic rings. The van der Waals surface area contributed by atoms with Gasteiger partial charge in [0.1, 0.15) is 5.82 Å². The van der Waals surface area contributed by atoms with Gasteiger partial charge in [0, 0.05) is 13.1 Å².